The summed E-state index contributed by atoms with van der Waals surface area (Å²) in [6, 6.07) is 8.49. The molecule has 2 aliphatic rings. The molecular formula is C24H25N5O. The second kappa shape index (κ2) is 7.88. The maximum Gasteiger partial charge on any atom is 0.134 e. The minimum atomic E-state index is 0.327. The minimum absolute atomic E-state index is 0.327. The lowest BCUT2D eigenvalue weighted by atomic mass is 9.89. The Hall–Kier alpha value is -3.25. The third-order valence-electron chi connectivity index (χ3n) is 5.83. The van der Waals surface area contributed by atoms with Crippen molar-refractivity contribution in [3.63, 3.8) is 0 Å². The van der Waals surface area contributed by atoms with E-state index in [9.17, 15) is 0 Å². The van der Waals surface area contributed by atoms with Crippen LogP contribution in [0.15, 0.2) is 67.3 Å². The van der Waals surface area contributed by atoms with Crippen molar-refractivity contribution >= 4 is 11.4 Å². The molecule has 0 saturated heterocycles. The van der Waals surface area contributed by atoms with Crippen molar-refractivity contribution in [3.8, 4) is 11.4 Å². The molecule has 1 saturated carbocycles. The first kappa shape index (κ1) is 18.8. The summed E-state index contributed by atoms with van der Waals surface area (Å²) in [4.78, 5) is 11.3. The van der Waals surface area contributed by atoms with Crippen LogP contribution in [0.4, 0.5) is 5.69 Å². The molecule has 0 radical (unpaired) electrons. The molecule has 30 heavy (non-hydrogen) atoms. The van der Waals surface area contributed by atoms with Gasteiger partial charge in [0, 0.05) is 44.0 Å². The third kappa shape index (κ3) is 3.44. The lowest BCUT2D eigenvalue weighted by Gasteiger charge is -2.34. The van der Waals surface area contributed by atoms with E-state index in [4.69, 9.17) is 9.84 Å². The summed E-state index contributed by atoms with van der Waals surface area (Å²) in [5.74, 6) is 0. The highest BCUT2D eigenvalue weighted by Crippen LogP contribution is 2.39. The molecule has 0 N–H and O–H groups in total. The van der Waals surface area contributed by atoms with Crippen molar-refractivity contribution < 1.29 is 4.74 Å². The lowest BCUT2D eigenvalue weighted by molar-refractivity contribution is 0.00256. The van der Waals surface area contributed by atoms with E-state index in [1.54, 1.807) is 7.11 Å². The highest BCUT2D eigenvalue weighted by atomic mass is 16.5. The second-order valence-corrected chi connectivity index (χ2v) is 7.88. The fraction of sp³-hybridized carbons (Fsp3) is 0.292. The Kier molecular flexibility index (Phi) is 4.93. The fourth-order valence-corrected chi connectivity index (χ4v) is 4.09. The molecule has 152 valence electrons. The molecule has 0 atom stereocenters. The zero-order valence-corrected chi connectivity index (χ0v) is 17.3. The van der Waals surface area contributed by atoms with Crippen molar-refractivity contribution in [1.82, 2.24) is 19.7 Å². The molecule has 0 unspecified atom stereocenters. The van der Waals surface area contributed by atoms with Crippen LogP contribution in [-0.4, -0.2) is 39.5 Å². The fourth-order valence-electron chi connectivity index (χ4n) is 4.09. The number of hydrogen-bond donors (Lipinski definition) is 0. The number of hydrogen-bond acceptors (Lipinski definition) is 5. The SMILES string of the molecule is COC1CC(n2cc(N3CC=CC=C3c3cncc(C)c3)c(-c3ccccn3)n2)C1. The third-order valence-corrected chi connectivity index (χ3v) is 5.83. The van der Waals surface area contributed by atoms with Gasteiger partial charge < -0.3 is 9.64 Å². The van der Waals surface area contributed by atoms with E-state index in [0.29, 0.717) is 12.1 Å². The van der Waals surface area contributed by atoms with Gasteiger partial charge in [-0.3, -0.25) is 14.6 Å². The number of pyridine rings is 2. The number of methoxy groups -OCH3 is 1. The summed E-state index contributed by atoms with van der Waals surface area (Å²) in [5, 5.41) is 4.98. The largest absolute Gasteiger partial charge is 0.381 e. The summed E-state index contributed by atoms with van der Waals surface area (Å²) in [5.41, 5.74) is 6.20. The number of aryl methyl sites for hydroxylation is 1. The number of anilines is 1. The van der Waals surface area contributed by atoms with Gasteiger partial charge in [-0.15, -0.1) is 0 Å². The van der Waals surface area contributed by atoms with Gasteiger partial charge in [-0.1, -0.05) is 18.2 Å². The zero-order valence-electron chi connectivity index (χ0n) is 17.3. The maximum atomic E-state index is 5.47. The van der Waals surface area contributed by atoms with Crippen molar-refractivity contribution in [2.24, 2.45) is 0 Å². The first-order chi connectivity index (χ1) is 14.7. The van der Waals surface area contributed by atoms with Crippen molar-refractivity contribution in [2.45, 2.75) is 31.9 Å². The van der Waals surface area contributed by atoms with Gasteiger partial charge in [0.25, 0.3) is 0 Å². The monoisotopic (exact) mass is 399 g/mol. The molecule has 0 amide bonds. The molecule has 1 aliphatic heterocycles. The Morgan fingerprint density at radius 2 is 2.07 bits per heavy atom. The standard InChI is InChI=1S/C24H25N5O/c1-17-11-18(15-25-14-17)22-8-4-6-10-28(22)23-16-29(19-12-20(13-19)30-2)27-24(23)21-7-3-5-9-26-21/h3-9,11,14-16,19-20H,10,12-13H2,1-2H3. The van der Waals surface area contributed by atoms with E-state index in [2.05, 4.69) is 57.0 Å². The van der Waals surface area contributed by atoms with Gasteiger partial charge in [0.1, 0.15) is 5.69 Å². The van der Waals surface area contributed by atoms with E-state index in [0.717, 1.165) is 53.3 Å². The average Bonchev–Trinajstić information content (AvgIpc) is 3.18. The predicted octanol–water partition coefficient (Wildman–Crippen LogP) is 4.42. The van der Waals surface area contributed by atoms with E-state index < -0.39 is 0 Å². The Labute approximate surface area is 176 Å². The van der Waals surface area contributed by atoms with Crippen LogP contribution in [0.25, 0.3) is 17.1 Å². The Morgan fingerprint density at radius 3 is 2.83 bits per heavy atom. The van der Waals surface area contributed by atoms with Crippen molar-refractivity contribution in [3.05, 3.63) is 78.4 Å². The van der Waals surface area contributed by atoms with Crippen LogP contribution < -0.4 is 4.90 Å². The summed E-state index contributed by atoms with van der Waals surface area (Å²) in [6.07, 6.45) is 16.5. The van der Waals surface area contributed by atoms with Crippen LogP contribution in [-0.2, 0) is 4.74 Å². The number of allylic oxidation sites excluding steroid dienone is 2. The van der Waals surface area contributed by atoms with Gasteiger partial charge >= 0.3 is 0 Å². The van der Waals surface area contributed by atoms with Crippen molar-refractivity contribution in [1.29, 1.82) is 0 Å². The van der Waals surface area contributed by atoms with Crippen LogP contribution >= 0.6 is 0 Å². The summed E-state index contributed by atoms with van der Waals surface area (Å²) < 4.78 is 7.57. The summed E-state index contributed by atoms with van der Waals surface area (Å²) in [7, 11) is 1.78. The smallest absolute Gasteiger partial charge is 0.134 e. The highest BCUT2D eigenvalue weighted by Gasteiger charge is 2.33. The Morgan fingerprint density at radius 1 is 1.17 bits per heavy atom. The molecule has 3 aromatic rings. The van der Waals surface area contributed by atoms with E-state index in [1.807, 2.05) is 36.8 Å². The normalized spacial score (nSPS) is 20.7. The molecule has 3 aromatic heterocycles. The summed E-state index contributed by atoms with van der Waals surface area (Å²) in [6.45, 7) is 2.84. The number of rotatable bonds is 5. The van der Waals surface area contributed by atoms with Gasteiger partial charge in [-0.05, 0) is 49.6 Å². The molecule has 0 spiro atoms. The Balaban J connectivity index is 1.57. The van der Waals surface area contributed by atoms with Crippen LogP contribution in [0.1, 0.15) is 30.0 Å². The van der Waals surface area contributed by atoms with E-state index in [-0.39, 0.29) is 0 Å². The minimum Gasteiger partial charge on any atom is -0.381 e. The molecule has 6 nitrogen and oxygen atoms in total. The molecule has 0 bridgehead atoms. The van der Waals surface area contributed by atoms with Crippen LogP contribution in [0.2, 0.25) is 0 Å². The topological polar surface area (TPSA) is 56.1 Å². The molecule has 1 fully saturated rings. The molecular weight excluding hydrogens is 374 g/mol. The van der Waals surface area contributed by atoms with Gasteiger partial charge in [-0.25, -0.2) is 0 Å². The number of nitrogens with zero attached hydrogens (tertiary/aromatic N) is 5. The number of aromatic nitrogens is 4. The zero-order chi connectivity index (χ0) is 20.5. The Bertz CT molecular complexity index is 1100. The maximum absolute atomic E-state index is 5.47. The van der Waals surface area contributed by atoms with Gasteiger partial charge in [-0.2, -0.15) is 5.10 Å². The van der Waals surface area contributed by atoms with Crippen LogP contribution in [0.3, 0.4) is 0 Å². The van der Waals surface area contributed by atoms with Gasteiger partial charge in [0.2, 0.25) is 0 Å². The van der Waals surface area contributed by atoms with Gasteiger partial charge in [0.15, 0.2) is 0 Å². The van der Waals surface area contributed by atoms with Gasteiger partial charge in [0.05, 0.1) is 29.2 Å². The molecule has 1 aliphatic carbocycles. The van der Waals surface area contributed by atoms with Crippen LogP contribution in [0, 0.1) is 6.92 Å². The molecule has 6 heteroatoms. The van der Waals surface area contributed by atoms with E-state index in [1.165, 1.54) is 0 Å². The average molecular weight is 399 g/mol. The molecule has 4 heterocycles. The van der Waals surface area contributed by atoms with Crippen LogP contribution in [0.5, 0.6) is 0 Å². The first-order valence-corrected chi connectivity index (χ1v) is 10.3. The van der Waals surface area contributed by atoms with E-state index >= 15 is 0 Å². The quantitative estimate of drug-likeness (QED) is 0.636. The summed E-state index contributed by atoms with van der Waals surface area (Å²) >= 11 is 0. The predicted molar refractivity (Wildman–Crippen MR) is 118 cm³/mol. The first-order valence-electron chi connectivity index (χ1n) is 10.3. The molecule has 5 rings (SSSR count). The molecule has 0 aromatic carbocycles. The van der Waals surface area contributed by atoms with Crippen molar-refractivity contribution in [2.75, 3.05) is 18.6 Å². The second-order valence-electron chi connectivity index (χ2n) is 7.88. The lowest BCUT2D eigenvalue weighted by Crippen LogP contribution is -2.32. The highest BCUT2D eigenvalue weighted by molar-refractivity contribution is 5.87. The number of ether oxygens (including phenoxy) is 1.